The molecule has 0 saturated heterocycles. The van der Waals surface area contributed by atoms with Crippen LogP contribution < -0.4 is 5.32 Å². The van der Waals surface area contributed by atoms with Crippen molar-refractivity contribution in [3.8, 4) is 0 Å². The summed E-state index contributed by atoms with van der Waals surface area (Å²) < 4.78 is 2.42. The average Bonchev–Trinajstić information content (AvgIpc) is 2.51. The maximum absolute atomic E-state index is 12.0. The number of hydrogen-bond acceptors (Lipinski definition) is 2. The van der Waals surface area contributed by atoms with Gasteiger partial charge in [0.25, 0.3) is 5.91 Å². The first kappa shape index (κ1) is 14.8. The molecule has 0 aromatic carbocycles. The van der Waals surface area contributed by atoms with Crippen LogP contribution in [0.2, 0.25) is 0 Å². The van der Waals surface area contributed by atoms with Gasteiger partial charge in [0.05, 0.1) is 0 Å². The summed E-state index contributed by atoms with van der Waals surface area (Å²) in [6.07, 6.45) is 1.74. The smallest absolute Gasteiger partial charge is 0.326 e. The second kappa shape index (κ2) is 5.14. The van der Waals surface area contributed by atoms with Crippen molar-refractivity contribution in [3.63, 3.8) is 0 Å². The van der Waals surface area contributed by atoms with E-state index >= 15 is 0 Å². The molecule has 0 aliphatic rings. The molecule has 0 spiro atoms. The number of carbonyl (C=O) groups is 2. The minimum absolute atomic E-state index is 0.398. The van der Waals surface area contributed by atoms with Crippen molar-refractivity contribution >= 4 is 27.8 Å². The number of hydrogen-bond donors (Lipinski definition) is 2. The van der Waals surface area contributed by atoms with Crippen LogP contribution in [0.15, 0.2) is 16.7 Å². The van der Waals surface area contributed by atoms with Gasteiger partial charge < -0.3 is 15.0 Å². The van der Waals surface area contributed by atoms with Crippen molar-refractivity contribution < 1.29 is 14.7 Å². The van der Waals surface area contributed by atoms with E-state index in [1.807, 2.05) is 0 Å². The van der Waals surface area contributed by atoms with Crippen LogP contribution in [0.5, 0.6) is 0 Å². The van der Waals surface area contributed by atoms with E-state index in [-0.39, 0.29) is 0 Å². The van der Waals surface area contributed by atoms with Crippen LogP contribution in [-0.2, 0) is 11.8 Å². The Labute approximate surface area is 114 Å². The van der Waals surface area contributed by atoms with Gasteiger partial charge in [-0.2, -0.15) is 0 Å². The fraction of sp³-hybridized carbons (Fsp3) is 0.500. The number of carbonyl (C=O) groups excluding carboxylic acids is 1. The van der Waals surface area contributed by atoms with E-state index in [0.717, 1.165) is 4.47 Å². The molecule has 5 nitrogen and oxygen atoms in total. The number of carboxylic acids is 1. The Morgan fingerprint density at radius 3 is 2.33 bits per heavy atom. The summed E-state index contributed by atoms with van der Waals surface area (Å²) >= 11 is 3.27. The van der Waals surface area contributed by atoms with Crippen LogP contribution in [0.4, 0.5) is 0 Å². The summed E-state index contributed by atoms with van der Waals surface area (Å²) in [5.74, 6) is -1.44. The Hall–Kier alpha value is -1.30. The lowest BCUT2D eigenvalue weighted by Crippen LogP contribution is -2.49. The molecule has 1 atom stereocenters. The first-order valence-electron chi connectivity index (χ1n) is 5.48. The molecule has 1 aromatic heterocycles. The summed E-state index contributed by atoms with van der Waals surface area (Å²) in [5, 5.41) is 11.7. The van der Waals surface area contributed by atoms with Crippen molar-refractivity contribution in [1.29, 1.82) is 0 Å². The molecule has 100 valence electrons. The summed E-state index contributed by atoms with van der Waals surface area (Å²) in [5.41, 5.74) is -0.137. The van der Waals surface area contributed by atoms with E-state index in [2.05, 4.69) is 21.2 Å². The molecule has 0 saturated carbocycles. The van der Waals surface area contributed by atoms with E-state index < -0.39 is 23.3 Å². The van der Waals surface area contributed by atoms with Gasteiger partial charge in [0, 0.05) is 17.7 Å². The molecule has 2 N–H and O–H groups in total. The first-order chi connectivity index (χ1) is 8.12. The summed E-state index contributed by atoms with van der Waals surface area (Å²) in [7, 11) is 1.73. The van der Waals surface area contributed by atoms with Gasteiger partial charge in [-0.3, -0.25) is 4.79 Å². The molecule has 1 rings (SSSR count). The Bertz CT molecular complexity index is 474. The number of aromatic nitrogens is 1. The third-order valence-corrected chi connectivity index (χ3v) is 3.03. The van der Waals surface area contributed by atoms with Crippen molar-refractivity contribution in [1.82, 2.24) is 9.88 Å². The number of aliphatic carboxylic acids is 1. The maximum atomic E-state index is 12.0. The zero-order chi connectivity index (χ0) is 14.1. The SMILES string of the molecule is Cn1cc(Br)cc1C(=O)N[C@H](C(=O)O)C(C)(C)C. The molecule has 1 aromatic rings. The third-order valence-electron chi connectivity index (χ3n) is 2.59. The number of nitrogens with one attached hydrogen (secondary N) is 1. The zero-order valence-electron chi connectivity index (χ0n) is 10.8. The van der Waals surface area contributed by atoms with Crippen LogP contribution in [0.1, 0.15) is 31.3 Å². The second-order valence-corrected chi connectivity index (χ2v) is 6.18. The molecule has 0 unspecified atom stereocenters. The highest BCUT2D eigenvalue weighted by molar-refractivity contribution is 9.10. The van der Waals surface area contributed by atoms with Gasteiger partial charge in [-0.05, 0) is 27.4 Å². The van der Waals surface area contributed by atoms with E-state index in [1.165, 1.54) is 0 Å². The standard InChI is InChI=1S/C12H17BrN2O3/c1-12(2,3)9(11(17)18)14-10(16)8-5-7(13)6-15(8)4/h5-6,9H,1-4H3,(H,14,16)(H,17,18)/t9-/m1/s1. The Morgan fingerprint density at radius 2 is 2.00 bits per heavy atom. The predicted molar refractivity (Wildman–Crippen MR) is 71.5 cm³/mol. The average molecular weight is 317 g/mol. The molecule has 0 bridgehead atoms. The number of nitrogens with zero attached hydrogens (tertiary/aromatic N) is 1. The Kier molecular flexibility index (Phi) is 4.21. The fourth-order valence-electron chi connectivity index (χ4n) is 1.60. The topological polar surface area (TPSA) is 71.3 Å². The Morgan fingerprint density at radius 1 is 1.44 bits per heavy atom. The zero-order valence-corrected chi connectivity index (χ0v) is 12.4. The van der Waals surface area contributed by atoms with Gasteiger partial charge in [0.1, 0.15) is 11.7 Å². The normalized spacial score (nSPS) is 13.2. The highest BCUT2D eigenvalue weighted by atomic mass is 79.9. The third kappa shape index (κ3) is 3.35. The predicted octanol–water partition coefficient (Wildman–Crippen LogP) is 2.02. The molecule has 0 radical (unpaired) electrons. The van der Waals surface area contributed by atoms with Gasteiger partial charge in [0.2, 0.25) is 0 Å². The largest absolute Gasteiger partial charge is 0.480 e. The van der Waals surface area contributed by atoms with Crippen molar-refractivity contribution in [2.45, 2.75) is 26.8 Å². The van der Waals surface area contributed by atoms with Crippen LogP contribution >= 0.6 is 15.9 Å². The lowest BCUT2D eigenvalue weighted by atomic mass is 9.86. The van der Waals surface area contributed by atoms with Gasteiger partial charge in [-0.15, -0.1) is 0 Å². The number of aryl methyl sites for hydroxylation is 1. The maximum Gasteiger partial charge on any atom is 0.326 e. The summed E-state index contributed by atoms with van der Waals surface area (Å²) in [4.78, 5) is 23.2. The monoisotopic (exact) mass is 316 g/mol. The number of carboxylic acid groups (broad SMARTS) is 1. The number of amides is 1. The van der Waals surface area contributed by atoms with Crippen LogP contribution in [0.25, 0.3) is 0 Å². The van der Waals surface area contributed by atoms with Crippen LogP contribution in [0, 0.1) is 5.41 Å². The van der Waals surface area contributed by atoms with Gasteiger partial charge in [0.15, 0.2) is 0 Å². The number of rotatable bonds is 3. The summed E-state index contributed by atoms with van der Waals surface area (Å²) in [6, 6.07) is 0.718. The highest BCUT2D eigenvalue weighted by Gasteiger charge is 2.33. The van der Waals surface area contributed by atoms with E-state index in [0.29, 0.717) is 5.69 Å². The molecule has 6 heteroatoms. The quantitative estimate of drug-likeness (QED) is 0.896. The molecule has 1 amide bonds. The van der Waals surface area contributed by atoms with Gasteiger partial charge in [-0.25, -0.2) is 4.79 Å². The molecular weight excluding hydrogens is 300 g/mol. The molecule has 18 heavy (non-hydrogen) atoms. The van der Waals surface area contributed by atoms with Crippen molar-refractivity contribution in [2.24, 2.45) is 12.5 Å². The van der Waals surface area contributed by atoms with E-state index in [9.17, 15) is 9.59 Å². The Balaban J connectivity index is 2.93. The molecule has 0 aliphatic carbocycles. The van der Waals surface area contributed by atoms with Gasteiger partial charge in [-0.1, -0.05) is 20.8 Å². The van der Waals surface area contributed by atoms with Crippen molar-refractivity contribution in [3.05, 3.63) is 22.4 Å². The first-order valence-corrected chi connectivity index (χ1v) is 6.27. The van der Waals surface area contributed by atoms with Crippen LogP contribution in [-0.4, -0.2) is 27.6 Å². The van der Waals surface area contributed by atoms with Crippen molar-refractivity contribution in [2.75, 3.05) is 0 Å². The minimum Gasteiger partial charge on any atom is -0.480 e. The second-order valence-electron chi connectivity index (χ2n) is 5.27. The number of halogens is 1. The minimum atomic E-state index is -1.04. The van der Waals surface area contributed by atoms with E-state index in [1.54, 1.807) is 44.6 Å². The lowest BCUT2D eigenvalue weighted by Gasteiger charge is -2.27. The van der Waals surface area contributed by atoms with E-state index in [4.69, 9.17) is 5.11 Å². The molecular formula is C12H17BrN2O3. The summed E-state index contributed by atoms with van der Waals surface area (Å²) in [6.45, 7) is 5.31. The fourth-order valence-corrected chi connectivity index (χ4v) is 2.13. The molecule has 0 fully saturated rings. The van der Waals surface area contributed by atoms with Gasteiger partial charge >= 0.3 is 5.97 Å². The molecule has 0 aliphatic heterocycles. The molecule has 1 heterocycles. The highest BCUT2D eigenvalue weighted by Crippen LogP contribution is 2.20. The lowest BCUT2D eigenvalue weighted by molar-refractivity contribution is -0.142. The van der Waals surface area contributed by atoms with Crippen LogP contribution in [0.3, 0.4) is 0 Å².